The topological polar surface area (TPSA) is 74.3 Å². The van der Waals surface area contributed by atoms with E-state index < -0.39 is 11.2 Å². The molecule has 7 nitrogen and oxygen atoms in total. The summed E-state index contributed by atoms with van der Waals surface area (Å²) in [4.78, 5) is 24.6. The van der Waals surface area contributed by atoms with Gasteiger partial charge in [0.1, 0.15) is 11.2 Å². The summed E-state index contributed by atoms with van der Waals surface area (Å²) in [6.07, 6.45) is -0.154. The molecule has 0 heterocycles. The maximum absolute atomic E-state index is 11.7. The molecule has 0 spiro atoms. The molecular formula is C17H33NO6. The van der Waals surface area contributed by atoms with Crippen LogP contribution in [0.5, 0.6) is 0 Å². The fourth-order valence-electron chi connectivity index (χ4n) is 1.50. The molecule has 0 rings (SSSR count). The van der Waals surface area contributed by atoms with Crippen molar-refractivity contribution in [1.29, 1.82) is 0 Å². The molecule has 0 aliphatic rings. The minimum atomic E-state index is -0.506. The third-order valence-electron chi connectivity index (χ3n) is 2.52. The molecular weight excluding hydrogens is 314 g/mol. The van der Waals surface area contributed by atoms with E-state index in [9.17, 15) is 9.59 Å². The maximum Gasteiger partial charge on any atom is 0.410 e. The Morgan fingerprint density at radius 1 is 0.792 bits per heavy atom. The highest BCUT2D eigenvalue weighted by atomic mass is 16.6. The van der Waals surface area contributed by atoms with Crippen LogP contribution in [-0.2, 0) is 23.7 Å². The van der Waals surface area contributed by atoms with Crippen molar-refractivity contribution in [3.05, 3.63) is 0 Å². The van der Waals surface area contributed by atoms with Crippen LogP contribution >= 0.6 is 0 Å². The highest BCUT2D eigenvalue weighted by molar-refractivity contribution is 5.69. The van der Waals surface area contributed by atoms with Gasteiger partial charge in [0.15, 0.2) is 0 Å². The van der Waals surface area contributed by atoms with Crippen LogP contribution in [0.4, 0.5) is 4.79 Å². The number of hydrogen-bond donors (Lipinski definition) is 0. The van der Waals surface area contributed by atoms with Crippen LogP contribution in [-0.4, -0.2) is 68.2 Å². The Balaban J connectivity index is 3.58. The maximum atomic E-state index is 11.7. The van der Waals surface area contributed by atoms with E-state index in [-0.39, 0.29) is 18.5 Å². The van der Waals surface area contributed by atoms with Crippen LogP contribution in [0.15, 0.2) is 0 Å². The van der Waals surface area contributed by atoms with Crippen LogP contribution in [0.1, 0.15) is 48.0 Å². The van der Waals surface area contributed by atoms with Gasteiger partial charge in [-0.05, 0) is 41.5 Å². The first-order valence-corrected chi connectivity index (χ1v) is 8.22. The molecule has 0 fully saturated rings. The van der Waals surface area contributed by atoms with Gasteiger partial charge >= 0.3 is 12.1 Å². The monoisotopic (exact) mass is 347 g/mol. The lowest BCUT2D eigenvalue weighted by atomic mass is 10.2. The van der Waals surface area contributed by atoms with Crippen LogP contribution in [0.2, 0.25) is 0 Å². The van der Waals surface area contributed by atoms with E-state index in [1.807, 2.05) is 41.5 Å². The number of nitrogens with zero attached hydrogens (tertiary/aromatic N) is 1. The van der Waals surface area contributed by atoms with Gasteiger partial charge in [-0.2, -0.15) is 0 Å². The molecule has 0 aliphatic heterocycles. The second kappa shape index (κ2) is 10.5. The highest BCUT2D eigenvalue weighted by Crippen LogP contribution is 2.09. The van der Waals surface area contributed by atoms with Gasteiger partial charge in [-0.25, -0.2) is 4.79 Å². The normalized spacial score (nSPS) is 12.0. The minimum Gasteiger partial charge on any atom is -0.460 e. The lowest BCUT2D eigenvalue weighted by molar-refractivity contribution is -0.156. The molecule has 0 aromatic carbocycles. The lowest BCUT2D eigenvalue weighted by Crippen LogP contribution is -2.36. The average Bonchev–Trinajstić information content (AvgIpc) is 2.37. The zero-order chi connectivity index (χ0) is 18.8. The third-order valence-corrected chi connectivity index (χ3v) is 2.52. The largest absolute Gasteiger partial charge is 0.460 e. The Morgan fingerprint density at radius 3 is 1.79 bits per heavy atom. The van der Waals surface area contributed by atoms with E-state index in [1.165, 1.54) is 4.90 Å². The predicted molar refractivity (Wildman–Crippen MR) is 91.0 cm³/mol. The van der Waals surface area contributed by atoms with E-state index in [2.05, 4.69) is 0 Å². The first-order chi connectivity index (χ1) is 10.9. The number of ether oxygens (including phenoxy) is 4. The van der Waals surface area contributed by atoms with E-state index in [0.29, 0.717) is 33.0 Å². The van der Waals surface area contributed by atoms with Crippen molar-refractivity contribution in [1.82, 2.24) is 4.90 Å². The number of likely N-dealkylation sites (N-methyl/N-ethyl adjacent to an activating group) is 1. The van der Waals surface area contributed by atoms with Gasteiger partial charge < -0.3 is 23.8 Å². The van der Waals surface area contributed by atoms with Crippen LogP contribution in [0, 0.1) is 0 Å². The first-order valence-electron chi connectivity index (χ1n) is 8.22. The molecule has 0 N–H and O–H groups in total. The van der Waals surface area contributed by atoms with Gasteiger partial charge in [0.2, 0.25) is 0 Å². The predicted octanol–water partition coefficient (Wildman–Crippen LogP) is 2.62. The molecule has 0 radical (unpaired) electrons. The molecule has 0 aromatic rings. The number of carbonyl (C=O) groups excluding carboxylic acids is 2. The van der Waals surface area contributed by atoms with Gasteiger partial charge in [0.05, 0.1) is 32.8 Å². The van der Waals surface area contributed by atoms with Crippen molar-refractivity contribution < 1.29 is 28.5 Å². The van der Waals surface area contributed by atoms with Crippen molar-refractivity contribution in [3.63, 3.8) is 0 Å². The summed E-state index contributed by atoms with van der Waals surface area (Å²) < 4.78 is 21.1. The summed E-state index contributed by atoms with van der Waals surface area (Å²) in [7, 11) is 1.66. The zero-order valence-electron chi connectivity index (χ0n) is 16.1. The number of rotatable bonds is 9. The molecule has 142 valence electrons. The summed E-state index contributed by atoms with van der Waals surface area (Å²) in [6.45, 7) is 12.9. The first kappa shape index (κ1) is 22.7. The van der Waals surface area contributed by atoms with E-state index in [4.69, 9.17) is 18.9 Å². The van der Waals surface area contributed by atoms with E-state index >= 15 is 0 Å². The van der Waals surface area contributed by atoms with Crippen LogP contribution in [0.3, 0.4) is 0 Å². The second-order valence-corrected chi connectivity index (χ2v) is 7.46. The van der Waals surface area contributed by atoms with Crippen LogP contribution in [0.25, 0.3) is 0 Å². The fourth-order valence-corrected chi connectivity index (χ4v) is 1.50. The molecule has 0 unspecified atom stereocenters. The van der Waals surface area contributed by atoms with E-state index in [1.54, 1.807) is 7.05 Å². The van der Waals surface area contributed by atoms with Crippen molar-refractivity contribution in [2.75, 3.05) is 40.0 Å². The SMILES string of the molecule is CN(CCOCCOCCC(=O)OC(C)(C)C)C(=O)OC(C)(C)C. The Hall–Kier alpha value is -1.34. The Morgan fingerprint density at radius 2 is 1.29 bits per heavy atom. The van der Waals surface area contributed by atoms with Crippen molar-refractivity contribution in [3.8, 4) is 0 Å². The van der Waals surface area contributed by atoms with Gasteiger partial charge in [0.25, 0.3) is 0 Å². The van der Waals surface area contributed by atoms with Gasteiger partial charge in [-0.15, -0.1) is 0 Å². The standard InChI is InChI=1S/C17H33NO6/c1-16(2,3)23-14(19)8-10-21-12-13-22-11-9-18(7)15(20)24-17(4,5)6/h8-13H2,1-7H3. The van der Waals surface area contributed by atoms with Crippen LogP contribution < -0.4 is 0 Å². The molecule has 7 heteroatoms. The Labute approximate surface area is 145 Å². The highest BCUT2D eigenvalue weighted by Gasteiger charge is 2.19. The summed E-state index contributed by atoms with van der Waals surface area (Å²) in [5.41, 5.74) is -0.978. The number of hydrogen-bond acceptors (Lipinski definition) is 6. The lowest BCUT2D eigenvalue weighted by Gasteiger charge is -2.24. The quantitative estimate of drug-likeness (QED) is 0.471. The van der Waals surface area contributed by atoms with Crippen molar-refractivity contribution >= 4 is 12.1 Å². The smallest absolute Gasteiger partial charge is 0.410 e. The molecule has 0 bridgehead atoms. The summed E-state index contributed by atoms with van der Waals surface area (Å²) in [5.74, 6) is -0.276. The van der Waals surface area contributed by atoms with E-state index in [0.717, 1.165) is 0 Å². The van der Waals surface area contributed by atoms with Gasteiger partial charge in [0, 0.05) is 13.6 Å². The number of carbonyl (C=O) groups is 2. The Bertz CT molecular complexity index is 384. The molecule has 0 aliphatic carbocycles. The molecule has 0 saturated carbocycles. The summed E-state index contributed by atoms with van der Waals surface area (Å²) in [6, 6.07) is 0. The number of amides is 1. The molecule has 0 atom stereocenters. The molecule has 1 amide bonds. The van der Waals surface area contributed by atoms with Gasteiger partial charge in [-0.3, -0.25) is 4.79 Å². The van der Waals surface area contributed by atoms with Crippen molar-refractivity contribution in [2.24, 2.45) is 0 Å². The number of esters is 1. The second-order valence-electron chi connectivity index (χ2n) is 7.46. The third kappa shape index (κ3) is 14.3. The molecule has 0 saturated heterocycles. The zero-order valence-corrected chi connectivity index (χ0v) is 16.1. The minimum absolute atomic E-state index is 0.221. The van der Waals surface area contributed by atoms with Crippen molar-refractivity contribution in [2.45, 2.75) is 59.2 Å². The summed E-state index contributed by atoms with van der Waals surface area (Å²) in [5, 5.41) is 0. The van der Waals surface area contributed by atoms with Gasteiger partial charge in [-0.1, -0.05) is 0 Å². The molecule has 0 aromatic heterocycles. The molecule has 24 heavy (non-hydrogen) atoms. The summed E-state index contributed by atoms with van der Waals surface area (Å²) >= 11 is 0. The average molecular weight is 347 g/mol. The Kier molecular flexibility index (Phi) is 9.92. The fraction of sp³-hybridized carbons (Fsp3) is 0.882.